The largest absolute Gasteiger partial charge is 0.353 e. The molecule has 0 atom stereocenters. The maximum absolute atomic E-state index is 13.4. The number of carbonyl (C=O) groups is 1. The number of hydrogen-bond acceptors (Lipinski definition) is 6. The van der Waals surface area contributed by atoms with Gasteiger partial charge in [-0.15, -0.1) is 0 Å². The topological polar surface area (TPSA) is 97.4 Å². The molecule has 9 nitrogen and oxygen atoms in total. The number of nitro groups is 1. The Morgan fingerprint density at radius 2 is 1.73 bits per heavy atom. The van der Waals surface area contributed by atoms with Crippen LogP contribution in [-0.4, -0.2) is 56.7 Å². The molecule has 2 aliphatic rings. The van der Waals surface area contributed by atoms with Gasteiger partial charge in [-0.25, -0.2) is 14.1 Å². The van der Waals surface area contributed by atoms with E-state index in [9.17, 15) is 19.3 Å². The van der Waals surface area contributed by atoms with Crippen LogP contribution >= 0.6 is 0 Å². The summed E-state index contributed by atoms with van der Waals surface area (Å²) < 4.78 is 15.2. The normalized spacial score (nSPS) is 15.9. The van der Waals surface area contributed by atoms with Crippen LogP contribution in [0.25, 0.3) is 5.69 Å². The number of amides is 1. The molecule has 3 aromatic rings. The smallest absolute Gasteiger partial charge is 0.287 e. The molecular formula is C23H23FN6O3. The number of hydrogen-bond donors (Lipinski definition) is 0. The van der Waals surface area contributed by atoms with Crippen molar-refractivity contribution in [3.8, 4) is 5.69 Å². The second-order valence-electron chi connectivity index (χ2n) is 8.28. The predicted molar refractivity (Wildman–Crippen MR) is 119 cm³/mol. The maximum atomic E-state index is 13.4. The van der Waals surface area contributed by atoms with E-state index in [0.717, 1.165) is 42.6 Å². The van der Waals surface area contributed by atoms with E-state index >= 15 is 0 Å². The van der Waals surface area contributed by atoms with Crippen molar-refractivity contribution in [3.63, 3.8) is 0 Å². The summed E-state index contributed by atoms with van der Waals surface area (Å²) in [6, 6.07) is 9.24. The van der Waals surface area contributed by atoms with Gasteiger partial charge in [-0.3, -0.25) is 14.9 Å². The molecule has 1 aliphatic carbocycles. The third kappa shape index (κ3) is 4.04. The Balaban J connectivity index is 1.34. The van der Waals surface area contributed by atoms with Gasteiger partial charge in [-0.2, -0.15) is 5.10 Å². The van der Waals surface area contributed by atoms with Crippen LogP contribution in [0.2, 0.25) is 0 Å². The highest BCUT2D eigenvalue weighted by Gasteiger charge is 2.30. The van der Waals surface area contributed by atoms with Gasteiger partial charge in [0.1, 0.15) is 17.8 Å². The summed E-state index contributed by atoms with van der Waals surface area (Å²) in [5.74, 6) is 0.257. The molecule has 0 unspecified atom stereocenters. The van der Waals surface area contributed by atoms with Crippen LogP contribution in [0.5, 0.6) is 0 Å². The van der Waals surface area contributed by atoms with Crippen molar-refractivity contribution in [1.29, 1.82) is 0 Å². The fraction of sp³-hybridized carbons (Fsp3) is 0.348. The van der Waals surface area contributed by atoms with Crippen LogP contribution in [0, 0.1) is 15.9 Å². The first kappa shape index (κ1) is 21.0. The average molecular weight is 450 g/mol. The monoisotopic (exact) mass is 450 g/mol. The van der Waals surface area contributed by atoms with Crippen molar-refractivity contribution in [1.82, 2.24) is 19.7 Å². The van der Waals surface area contributed by atoms with Crippen molar-refractivity contribution in [2.45, 2.75) is 25.7 Å². The number of aromatic nitrogens is 3. The highest BCUT2D eigenvalue weighted by molar-refractivity contribution is 5.94. The fourth-order valence-corrected chi connectivity index (χ4v) is 4.53. The SMILES string of the molecule is O=C(c1nn(-c2ccc(F)cc2)c2c1CCCC2)N1CCN(c2ccc([N+](=O)[O-])cn2)CC1. The zero-order valence-electron chi connectivity index (χ0n) is 18.0. The first-order chi connectivity index (χ1) is 16.0. The summed E-state index contributed by atoms with van der Waals surface area (Å²) in [5, 5.41) is 15.5. The zero-order valence-corrected chi connectivity index (χ0v) is 18.0. The third-order valence-corrected chi connectivity index (χ3v) is 6.29. The summed E-state index contributed by atoms with van der Waals surface area (Å²) in [5.41, 5.74) is 3.22. The molecule has 1 amide bonds. The van der Waals surface area contributed by atoms with Crippen LogP contribution in [0.4, 0.5) is 15.9 Å². The Labute approximate surface area is 189 Å². The van der Waals surface area contributed by atoms with Crippen molar-refractivity contribution in [3.05, 3.63) is 75.5 Å². The molecular weight excluding hydrogens is 427 g/mol. The van der Waals surface area contributed by atoms with Crippen LogP contribution < -0.4 is 4.90 Å². The summed E-state index contributed by atoms with van der Waals surface area (Å²) in [6.07, 6.45) is 4.95. The fourth-order valence-electron chi connectivity index (χ4n) is 4.53. The first-order valence-corrected chi connectivity index (χ1v) is 11.0. The lowest BCUT2D eigenvalue weighted by molar-refractivity contribution is -0.385. The lowest BCUT2D eigenvalue weighted by Gasteiger charge is -2.35. The Morgan fingerprint density at radius 3 is 2.39 bits per heavy atom. The molecule has 1 aliphatic heterocycles. The Bertz CT molecular complexity index is 1180. The molecule has 3 heterocycles. The van der Waals surface area contributed by atoms with E-state index in [2.05, 4.69) is 10.1 Å². The predicted octanol–water partition coefficient (Wildman–Crippen LogP) is 3.16. The highest BCUT2D eigenvalue weighted by Crippen LogP contribution is 2.28. The zero-order chi connectivity index (χ0) is 22.9. The van der Waals surface area contributed by atoms with Gasteiger partial charge in [0.15, 0.2) is 5.69 Å². The van der Waals surface area contributed by atoms with Crippen LogP contribution in [0.3, 0.4) is 0 Å². The molecule has 0 bridgehead atoms. The summed E-state index contributed by atoms with van der Waals surface area (Å²) in [6.45, 7) is 2.18. The van der Waals surface area contributed by atoms with Gasteiger partial charge in [0.05, 0.1) is 10.6 Å². The van der Waals surface area contributed by atoms with Gasteiger partial charge in [-0.05, 0) is 56.0 Å². The number of fused-ring (bicyclic) bond motifs is 1. The Hall–Kier alpha value is -3.82. The molecule has 170 valence electrons. The van der Waals surface area contributed by atoms with E-state index in [1.165, 1.54) is 24.4 Å². The minimum Gasteiger partial charge on any atom is -0.353 e. The van der Waals surface area contributed by atoms with Crippen molar-refractivity contribution < 1.29 is 14.1 Å². The minimum atomic E-state index is -0.473. The number of benzene rings is 1. The van der Waals surface area contributed by atoms with Crippen LogP contribution in [0.1, 0.15) is 34.6 Å². The number of nitrogens with zero attached hydrogens (tertiary/aromatic N) is 6. The van der Waals surface area contributed by atoms with Gasteiger partial charge < -0.3 is 9.80 Å². The molecule has 33 heavy (non-hydrogen) atoms. The van der Waals surface area contributed by atoms with E-state index in [-0.39, 0.29) is 17.4 Å². The number of rotatable bonds is 4. The molecule has 0 saturated carbocycles. The van der Waals surface area contributed by atoms with Gasteiger partial charge in [0, 0.05) is 43.5 Å². The Morgan fingerprint density at radius 1 is 1.00 bits per heavy atom. The van der Waals surface area contributed by atoms with Crippen molar-refractivity contribution >= 4 is 17.4 Å². The second kappa shape index (κ2) is 8.61. The van der Waals surface area contributed by atoms with E-state index in [4.69, 9.17) is 0 Å². The molecule has 1 fully saturated rings. The molecule has 5 rings (SSSR count). The molecule has 0 spiro atoms. The molecule has 1 aromatic carbocycles. The van der Waals surface area contributed by atoms with Gasteiger partial charge in [-0.1, -0.05) is 0 Å². The lowest BCUT2D eigenvalue weighted by atomic mass is 9.95. The number of pyridine rings is 1. The number of anilines is 1. The first-order valence-electron chi connectivity index (χ1n) is 11.0. The highest BCUT2D eigenvalue weighted by atomic mass is 19.1. The lowest BCUT2D eigenvalue weighted by Crippen LogP contribution is -2.49. The number of piperazine rings is 1. The molecule has 1 saturated heterocycles. The van der Waals surface area contributed by atoms with E-state index in [0.29, 0.717) is 37.7 Å². The van der Waals surface area contributed by atoms with Gasteiger partial charge in [0.2, 0.25) is 0 Å². The van der Waals surface area contributed by atoms with Gasteiger partial charge in [0.25, 0.3) is 11.6 Å². The van der Waals surface area contributed by atoms with Gasteiger partial charge >= 0.3 is 0 Å². The Kier molecular flexibility index (Phi) is 5.49. The average Bonchev–Trinajstić information content (AvgIpc) is 3.24. The molecule has 2 aromatic heterocycles. The second-order valence-corrected chi connectivity index (χ2v) is 8.28. The molecule has 0 radical (unpaired) electrons. The molecule has 10 heteroatoms. The summed E-state index contributed by atoms with van der Waals surface area (Å²) in [4.78, 5) is 31.8. The summed E-state index contributed by atoms with van der Waals surface area (Å²) in [7, 11) is 0. The van der Waals surface area contributed by atoms with E-state index in [1.807, 2.05) is 4.90 Å². The summed E-state index contributed by atoms with van der Waals surface area (Å²) >= 11 is 0. The van der Waals surface area contributed by atoms with Crippen LogP contribution in [0.15, 0.2) is 42.6 Å². The third-order valence-electron chi connectivity index (χ3n) is 6.29. The van der Waals surface area contributed by atoms with Crippen LogP contribution in [-0.2, 0) is 12.8 Å². The standard InChI is InChI=1S/C23H23FN6O3/c24-16-5-7-17(8-6-16)29-20-4-2-1-3-19(20)22(26-29)23(31)28-13-11-27(12-14-28)21-10-9-18(15-25-21)30(32)33/h5-10,15H,1-4,11-14H2. The van der Waals surface area contributed by atoms with E-state index < -0.39 is 4.92 Å². The minimum absolute atomic E-state index is 0.0471. The number of carbonyl (C=O) groups excluding carboxylic acids is 1. The maximum Gasteiger partial charge on any atom is 0.287 e. The van der Waals surface area contributed by atoms with Crippen molar-refractivity contribution in [2.24, 2.45) is 0 Å². The quantitative estimate of drug-likeness (QED) is 0.447. The number of halogens is 1. The molecule has 0 N–H and O–H groups in total. The van der Waals surface area contributed by atoms with E-state index in [1.54, 1.807) is 27.8 Å². The van der Waals surface area contributed by atoms with Crippen molar-refractivity contribution in [2.75, 3.05) is 31.1 Å².